The number of fused-ring (bicyclic) bond motifs is 1. The van der Waals surface area contributed by atoms with E-state index >= 15 is 0 Å². The average molecular weight is 362 g/mol. The number of methoxy groups -OCH3 is 1. The zero-order valence-corrected chi connectivity index (χ0v) is 13.7. The van der Waals surface area contributed by atoms with Crippen LogP contribution in [0.5, 0.6) is 0 Å². The number of ether oxygens (including phenoxy) is 1. The molecule has 0 aliphatic heterocycles. The summed E-state index contributed by atoms with van der Waals surface area (Å²) in [7, 11) is 1.29. The average Bonchev–Trinajstić information content (AvgIpc) is 2.52. The molecule has 0 saturated heterocycles. The molecule has 1 amide bonds. The molecule has 0 fully saturated rings. The fraction of sp³-hybridized carbons (Fsp3) is 0.176. The smallest absolute Gasteiger partial charge is 0.328 e. The van der Waals surface area contributed by atoms with Gasteiger partial charge in [0.25, 0.3) is 5.91 Å². The highest BCUT2D eigenvalue weighted by Crippen LogP contribution is 2.16. The number of nitrogens with one attached hydrogen (secondary N) is 1. The Kier molecular flexibility index (Phi) is 5.33. The lowest BCUT2D eigenvalue weighted by Gasteiger charge is -2.16. The third-order valence-corrected chi connectivity index (χ3v) is 3.55. The Labute approximate surface area is 137 Å². The van der Waals surface area contributed by atoms with Crippen LogP contribution in [0.2, 0.25) is 0 Å². The van der Waals surface area contributed by atoms with Crippen LogP contribution in [0.4, 0.5) is 0 Å². The molecular weight excluding hydrogens is 346 g/mol. The van der Waals surface area contributed by atoms with Crippen LogP contribution in [0.1, 0.15) is 16.8 Å². The van der Waals surface area contributed by atoms with Crippen molar-refractivity contribution in [1.82, 2.24) is 5.32 Å². The fourth-order valence-corrected chi connectivity index (χ4v) is 2.45. The maximum Gasteiger partial charge on any atom is 0.328 e. The van der Waals surface area contributed by atoms with E-state index in [1.165, 1.54) is 7.11 Å². The number of benzene rings is 2. The third kappa shape index (κ3) is 3.95. The molecule has 0 unspecified atom stereocenters. The first-order valence-electron chi connectivity index (χ1n) is 6.72. The molecule has 2 rings (SSSR count). The maximum atomic E-state index is 12.3. The predicted molar refractivity (Wildman–Crippen MR) is 89.9 cm³/mol. The Bertz CT molecular complexity index is 727. The summed E-state index contributed by atoms with van der Waals surface area (Å²) in [4.78, 5) is 24.1. The molecule has 0 radical (unpaired) electrons. The van der Waals surface area contributed by atoms with Gasteiger partial charge in [-0.25, -0.2) is 4.79 Å². The number of amides is 1. The van der Waals surface area contributed by atoms with E-state index in [1.807, 2.05) is 30.3 Å². The van der Waals surface area contributed by atoms with Gasteiger partial charge < -0.3 is 10.1 Å². The zero-order valence-electron chi connectivity index (χ0n) is 12.1. The first-order chi connectivity index (χ1) is 10.5. The highest BCUT2D eigenvalue weighted by Gasteiger charge is 2.22. The Morgan fingerprint density at radius 2 is 1.91 bits per heavy atom. The Morgan fingerprint density at radius 3 is 2.55 bits per heavy atom. The van der Waals surface area contributed by atoms with Crippen LogP contribution in [-0.4, -0.2) is 25.0 Å². The summed E-state index contributed by atoms with van der Waals surface area (Å²) >= 11 is 3.20. The van der Waals surface area contributed by atoms with E-state index in [-0.39, 0.29) is 12.3 Å². The second-order valence-corrected chi connectivity index (χ2v) is 5.95. The van der Waals surface area contributed by atoms with Gasteiger partial charge in [-0.1, -0.05) is 52.8 Å². The Morgan fingerprint density at radius 1 is 1.23 bits per heavy atom. The topological polar surface area (TPSA) is 55.4 Å². The van der Waals surface area contributed by atoms with Gasteiger partial charge in [0.2, 0.25) is 0 Å². The summed E-state index contributed by atoms with van der Waals surface area (Å²) in [5.41, 5.74) is 0.493. The Balaban J connectivity index is 2.20. The molecule has 22 heavy (non-hydrogen) atoms. The Hall–Kier alpha value is -2.14. The van der Waals surface area contributed by atoms with Gasteiger partial charge in [0.1, 0.15) is 6.04 Å². The van der Waals surface area contributed by atoms with Gasteiger partial charge in [-0.05, 0) is 27.4 Å². The quantitative estimate of drug-likeness (QED) is 0.830. The van der Waals surface area contributed by atoms with E-state index in [9.17, 15) is 9.59 Å². The number of carbonyl (C=O) groups excluding carboxylic acids is 2. The molecule has 0 spiro atoms. The van der Waals surface area contributed by atoms with E-state index in [0.29, 0.717) is 10.0 Å². The number of hydrogen-bond acceptors (Lipinski definition) is 3. The van der Waals surface area contributed by atoms with E-state index < -0.39 is 12.0 Å². The molecule has 2 aromatic rings. The van der Waals surface area contributed by atoms with Gasteiger partial charge in [-0.15, -0.1) is 0 Å². The van der Waals surface area contributed by atoms with Gasteiger partial charge in [0, 0.05) is 12.0 Å². The van der Waals surface area contributed by atoms with Crippen molar-refractivity contribution in [2.75, 3.05) is 7.11 Å². The summed E-state index contributed by atoms with van der Waals surface area (Å²) in [5, 5.41) is 4.70. The van der Waals surface area contributed by atoms with Crippen molar-refractivity contribution >= 4 is 38.6 Å². The molecule has 4 nitrogen and oxygen atoms in total. The number of halogens is 1. The zero-order chi connectivity index (χ0) is 16.1. The molecule has 0 heterocycles. The molecule has 5 heteroatoms. The van der Waals surface area contributed by atoms with Crippen molar-refractivity contribution in [2.45, 2.75) is 12.5 Å². The highest BCUT2D eigenvalue weighted by atomic mass is 79.9. The maximum absolute atomic E-state index is 12.3. The molecule has 0 saturated carbocycles. The van der Waals surface area contributed by atoms with Crippen molar-refractivity contribution in [3.8, 4) is 0 Å². The summed E-state index contributed by atoms with van der Waals surface area (Å²) in [6.07, 6.45) is 0.270. The lowest BCUT2D eigenvalue weighted by molar-refractivity contribution is -0.142. The minimum Gasteiger partial charge on any atom is -0.467 e. The van der Waals surface area contributed by atoms with Crippen molar-refractivity contribution in [3.63, 3.8) is 0 Å². The van der Waals surface area contributed by atoms with Crippen LogP contribution in [-0.2, 0) is 9.53 Å². The monoisotopic (exact) mass is 361 g/mol. The minimum absolute atomic E-state index is 0.270. The van der Waals surface area contributed by atoms with E-state index in [0.717, 1.165) is 10.8 Å². The van der Waals surface area contributed by atoms with E-state index in [1.54, 1.807) is 12.1 Å². The van der Waals surface area contributed by atoms with Crippen LogP contribution >= 0.6 is 15.9 Å². The first-order valence-corrected chi connectivity index (χ1v) is 7.51. The number of rotatable bonds is 5. The standard InChI is InChI=1S/C17H16BrNO3/c1-11(18)9-15(17(21)22-2)19-16(20)14-8-7-12-5-3-4-6-13(12)10-14/h3-8,10,15H,1,9H2,2H3,(H,19,20)/t15-/m0/s1. The normalized spacial score (nSPS) is 11.7. The SMILES string of the molecule is C=C(Br)C[C@H](NC(=O)c1ccc2ccccc2c1)C(=O)OC. The molecule has 0 aliphatic rings. The second-order valence-electron chi connectivity index (χ2n) is 4.83. The lowest BCUT2D eigenvalue weighted by Crippen LogP contribution is -2.41. The van der Waals surface area contributed by atoms with Crippen LogP contribution in [0, 0.1) is 0 Å². The summed E-state index contributed by atoms with van der Waals surface area (Å²) in [6.45, 7) is 3.69. The van der Waals surface area contributed by atoms with Gasteiger partial charge >= 0.3 is 5.97 Å². The summed E-state index contributed by atoms with van der Waals surface area (Å²) in [5.74, 6) is -0.829. The van der Waals surface area contributed by atoms with Crippen molar-refractivity contribution < 1.29 is 14.3 Å². The van der Waals surface area contributed by atoms with Crippen molar-refractivity contribution in [3.05, 3.63) is 59.1 Å². The van der Waals surface area contributed by atoms with Crippen LogP contribution in [0.25, 0.3) is 10.8 Å². The second kappa shape index (κ2) is 7.22. The summed E-state index contributed by atoms with van der Waals surface area (Å²) in [6, 6.07) is 12.4. The molecule has 0 aromatic heterocycles. The largest absolute Gasteiger partial charge is 0.467 e. The van der Waals surface area contributed by atoms with Crippen LogP contribution in [0.3, 0.4) is 0 Å². The molecule has 0 bridgehead atoms. The summed E-state index contributed by atoms with van der Waals surface area (Å²) < 4.78 is 5.32. The predicted octanol–water partition coefficient (Wildman–Crippen LogP) is 3.41. The number of esters is 1. The van der Waals surface area contributed by atoms with E-state index in [2.05, 4.69) is 27.8 Å². The van der Waals surface area contributed by atoms with E-state index in [4.69, 9.17) is 4.74 Å². The van der Waals surface area contributed by atoms with Crippen LogP contribution < -0.4 is 5.32 Å². The van der Waals surface area contributed by atoms with Gasteiger partial charge in [0.05, 0.1) is 7.11 Å². The number of hydrogen-bond donors (Lipinski definition) is 1. The fourth-order valence-electron chi connectivity index (χ4n) is 2.13. The molecule has 114 valence electrons. The highest BCUT2D eigenvalue weighted by molar-refractivity contribution is 9.11. The first kappa shape index (κ1) is 16.2. The molecular formula is C17H16BrNO3. The van der Waals surface area contributed by atoms with Crippen molar-refractivity contribution in [1.29, 1.82) is 0 Å². The van der Waals surface area contributed by atoms with Crippen molar-refractivity contribution in [2.24, 2.45) is 0 Å². The van der Waals surface area contributed by atoms with Gasteiger partial charge in [0.15, 0.2) is 0 Å². The van der Waals surface area contributed by atoms with Gasteiger partial charge in [-0.2, -0.15) is 0 Å². The number of carbonyl (C=O) groups is 2. The molecule has 0 aliphatic carbocycles. The van der Waals surface area contributed by atoms with Crippen LogP contribution in [0.15, 0.2) is 53.5 Å². The molecule has 1 atom stereocenters. The molecule has 2 aromatic carbocycles. The molecule has 1 N–H and O–H groups in total. The minimum atomic E-state index is -0.768. The van der Waals surface area contributed by atoms with Gasteiger partial charge in [-0.3, -0.25) is 4.79 Å². The third-order valence-electron chi connectivity index (χ3n) is 3.23. The lowest BCUT2D eigenvalue weighted by atomic mass is 10.1.